The number of nitrogens with two attached hydrogens (primary N) is 1. The van der Waals surface area contributed by atoms with Crippen molar-refractivity contribution in [2.45, 2.75) is 25.8 Å². The lowest BCUT2D eigenvalue weighted by atomic mass is 9.90. The molecule has 0 saturated heterocycles. The normalized spacial score (nSPS) is 14.0. The predicted octanol–water partition coefficient (Wildman–Crippen LogP) is 2.30. The van der Waals surface area contributed by atoms with Gasteiger partial charge in [0.1, 0.15) is 0 Å². The van der Waals surface area contributed by atoms with Gasteiger partial charge in [0.2, 0.25) is 5.75 Å². The van der Waals surface area contributed by atoms with Gasteiger partial charge < -0.3 is 19.9 Å². The van der Waals surface area contributed by atoms with Crippen LogP contribution in [-0.2, 0) is 5.54 Å². The molecule has 1 atom stereocenters. The Kier molecular flexibility index (Phi) is 4.23. The van der Waals surface area contributed by atoms with Gasteiger partial charge in [-0.25, -0.2) is 0 Å². The van der Waals surface area contributed by atoms with E-state index in [0.29, 0.717) is 17.2 Å². The van der Waals surface area contributed by atoms with Crippen LogP contribution in [0.4, 0.5) is 0 Å². The molecule has 17 heavy (non-hydrogen) atoms. The molecule has 1 aromatic carbocycles. The van der Waals surface area contributed by atoms with E-state index in [-0.39, 0.29) is 0 Å². The first-order chi connectivity index (χ1) is 8.00. The number of methoxy groups -OCH3 is 3. The van der Waals surface area contributed by atoms with Crippen LogP contribution in [0.25, 0.3) is 0 Å². The van der Waals surface area contributed by atoms with Crippen molar-refractivity contribution in [3.8, 4) is 17.2 Å². The molecular formula is C13H21NO3. The summed E-state index contributed by atoms with van der Waals surface area (Å²) in [6, 6.07) is 3.79. The molecule has 0 aliphatic heterocycles. The van der Waals surface area contributed by atoms with Crippen LogP contribution in [0.5, 0.6) is 17.2 Å². The third-order valence-corrected chi connectivity index (χ3v) is 3.06. The third-order valence-electron chi connectivity index (χ3n) is 3.06. The fourth-order valence-corrected chi connectivity index (χ4v) is 1.61. The molecule has 0 fully saturated rings. The first-order valence-electron chi connectivity index (χ1n) is 5.59. The first kappa shape index (κ1) is 13.6. The number of benzene rings is 1. The summed E-state index contributed by atoms with van der Waals surface area (Å²) in [6.07, 6.45) is 0.825. The van der Waals surface area contributed by atoms with Gasteiger partial charge >= 0.3 is 0 Å². The van der Waals surface area contributed by atoms with E-state index in [2.05, 4.69) is 0 Å². The molecule has 1 aromatic rings. The molecule has 0 aliphatic carbocycles. The molecule has 0 heterocycles. The minimum atomic E-state index is -0.410. The Labute approximate surface area is 103 Å². The van der Waals surface area contributed by atoms with Gasteiger partial charge in [0.15, 0.2) is 11.5 Å². The van der Waals surface area contributed by atoms with Crippen molar-refractivity contribution < 1.29 is 14.2 Å². The Morgan fingerprint density at radius 3 is 1.82 bits per heavy atom. The van der Waals surface area contributed by atoms with Gasteiger partial charge in [0, 0.05) is 5.54 Å². The van der Waals surface area contributed by atoms with Crippen molar-refractivity contribution in [1.29, 1.82) is 0 Å². The highest BCUT2D eigenvalue weighted by Gasteiger charge is 2.23. The summed E-state index contributed by atoms with van der Waals surface area (Å²) in [7, 11) is 4.78. The number of hydrogen-bond donors (Lipinski definition) is 1. The van der Waals surface area contributed by atoms with E-state index < -0.39 is 5.54 Å². The van der Waals surface area contributed by atoms with Gasteiger partial charge in [0.05, 0.1) is 21.3 Å². The summed E-state index contributed by atoms with van der Waals surface area (Å²) in [5, 5.41) is 0. The highest BCUT2D eigenvalue weighted by atomic mass is 16.5. The van der Waals surface area contributed by atoms with E-state index >= 15 is 0 Å². The van der Waals surface area contributed by atoms with Crippen molar-refractivity contribution in [2.24, 2.45) is 5.73 Å². The molecule has 0 aliphatic rings. The molecule has 0 radical (unpaired) electrons. The third kappa shape index (κ3) is 2.64. The summed E-state index contributed by atoms with van der Waals surface area (Å²) in [4.78, 5) is 0. The van der Waals surface area contributed by atoms with Crippen LogP contribution in [0.1, 0.15) is 25.8 Å². The quantitative estimate of drug-likeness (QED) is 0.856. The fraction of sp³-hybridized carbons (Fsp3) is 0.538. The summed E-state index contributed by atoms with van der Waals surface area (Å²) < 4.78 is 15.9. The van der Waals surface area contributed by atoms with Crippen molar-refractivity contribution in [2.75, 3.05) is 21.3 Å². The molecule has 4 nitrogen and oxygen atoms in total. The molecule has 0 saturated carbocycles. The fourth-order valence-electron chi connectivity index (χ4n) is 1.61. The van der Waals surface area contributed by atoms with Crippen molar-refractivity contribution in [1.82, 2.24) is 0 Å². The maximum absolute atomic E-state index is 6.22. The highest BCUT2D eigenvalue weighted by Crippen LogP contribution is 2.40. The highest BCUT2D eigenvalue weighted by molar-refractivity contribution is 5.55. The lowest BCUT2D eigenvalue weighted by Gasteiger charge is -2.25. The molecule has 0 spiro atoms. The van der Waals surface area contributed by atoms with Gasteiger partial charge in [-0.05, 0) is 31.0 Å². The molecule has 0 bridgehead atoms. The zero-order chi connectivity index (χ0) is 13.1. The maximum atomic E-state index is 6.22. The molecular weight excluding hydrogens is 218 g/mol. The average Bonchev–Trinajstić information content (AvgIpc) is 2.36. The summed E-state index contributed by atoms with van der Waals surface area (Å²) in [6.45, 7) is 4.02. The van der Waals surface area contributed by atoms with E-state index in [1.165, 1.54) is 0 Å². The molecule has 1 unspecified atom stereocenters. The Balaban J connectivity index is 3.37. The van der Waals surface area contributed by atoms with Gasteiger partial charge in [-0.3, -0.25) is 0 Å². The Morgan fingerprint density at radius 1 is 1.06 bits per heavy atom. The summed E-state index contributed by atoms with van der Waals surface area (Å²) in [5.74, 6) is 1.85. The van der Waals surface area contributed by atoms with Gasteiger partial charge in [-0.2, -0.15) is 0 Å². The van der Waals surface area contributed by atoms with E-state index in [9.17, 15) is 0 Å². The SMILES string of the molecule is CCC(C)(N)c1cc(OC)c(OC)c(OC)c1. The van der Waals surface area contributed by atoms with E-state index in [4.69, 9.17) is 19.9 Å². The van der Waals surface area contributed by atoms with E-state index in [0.717, 1.165) is 12.0 Å². The van der Waals surface area contributed by atoms with Gasteiger partial charge in [-0.1, -0.05) is 6.92 Å². The minimum Gasteiger partial charge on any atom is -0.493 e. The van der Waals surface area contributed by atoms with Crippen LogP contribution < -0.4 is 19.9 Å². The Hall–Kier alpha value is -1.42. The van der Waals surface area contributed by atoms with Crippen LogP contribution >= 0.6 is 0 Å². The number of hydrogen-bond acceptors (Lipinski definition) is 4. The standard InChI is InChI=1S/C13H21NO3/c1-6-13(2,14)9-7-10(15-3)12(17-5)11(8-9)16-4/h7-8H,6,14H2,1-5H3. The van der Waals surface area contributed by atoms with E-state index in [1.807, 2.05) is 26.0 Å². The maximum Gasteiger partial charge on any atom is 0.203 e. The first-order valence-corrected chi connectivity index (χ1v) is 5.59. The topological polar surface area (TPSA) is 53.7 Å². The summed E-state index contributed by atoms with van der Waals surface area (Å²) >= 11 is 0. The zero-order valence-electron chi connectivity index (χ0n) is 11.2. The molecule has 4 heteroatoms. The number of rotatable bonds is 5. The van der Waals surface area contributed by atoms with Gasteiger partial charge in [-0.15, -0.1) is 0 Å². The minimum absolute atomic E-state index is 0.410. The second kappa shape index (κ2) is 5.27. The number of ether oxygens (including phenoxy) is 3. The van der Waals surface area contributed by atoms with Crippen molar-refractivity contribution in [3.05, 3.63) is 17.7 Å². The smallest absolute Gasteiger partial charge is 0.203 e. The van der Waals surface area contributed by atoms with Crippen molar-refractivity contribution >= 4 is 0 Å². The molecule has 96 valence electrons. The zero-order valence-corrected chi connectivity index (χ0v) is 11.2. The van der Waals surface area contributed by atoms with Crippen LogP contribution in [0.3, 0.4) is 0 Å². The van der Waals surface area contributed by atoms with Crippen LogP contribution in [0.2, 0.25) is 0 Å². The Morgan fingerprint density at radius 2 is 1.53 bits per heavy atom. The van der Waals surface area contributed by atoms with Gasteiger partial charge in [0.25, 0.3) is 0 Å². The largest absolute Gasteiger partial charge is 0.493 e. The predicted molar refractivity (Wildman–Crippen MR) is 67.9 cm³/mol. The molecule has 2 N–H and O–H groups in total. The molecule has 0 aromatic heterocycles. The lowest BCUT2D eigenvalue weighted by Crippen LogP contribution is -2.32. The molecule has 0 amide bonds. The van der Waals surface area contributed by atoms with Crippen LogP contribution in [0.15, 0.2) is 12.1 Å². The van der Waals surface area contributed by atoms with Crippen molar-refractivity contribution in [3.63, 3.8) is 0 Å². The summed E-state index contributed by atoms with van der Waals surface area (Å²) in [5.41, 5.74) is 6.78. The second-order valence-electron chi connectivity index (χ2n) is 4.19. The van der Waals surface area contributed by atoms with E-state index in [1.54, 1.807) is 21.3 Å². The van der Waals surface area contributed by atoms with Crippen LogP contribution in [0, 0.1) is 0 Å². The van der Waals surface area contributed by atoms with Crippen LogP contribution in [-0.4, -0.2) is 21.3 Å². The lowest BCUT2D eigenvalue weighted by molar-refractivity contribution is 0.321. The second-order valence-corrected chi connectivity index (χ2v) is 4.19. The average molecular weight is 239 g/mol. The molecule has 1 rings (SSSR count). The Bertz CT molecular complexity index is 363. The monoisotopic (exact) mass is 239 g/mol.